The number of pyridine rings is 1. The lowest BCUT2D eigenvalue weighted by Gasteiger charge is -2.28. The summed E-state index contributed by atoms with van der Waals surface area (Å²) in [6.07, 6.45) is 1.41. The predicted molar refractivity (Wildman–Crippen MR) is 125 cm³/mol. The van der Waals surface area contributed by atoms with Crippen molar-refractivity contribution in [2.75, 3.05) is 11.5 Å². The van der Waals surface area contributed by atoms with Crippen molar-refractivity contribution in [3.63, 3.8) is 0 Å². The third kappa shape index (κ3) is 3.53. The van der Waals surface area contributed by atoms with Gasteiger partial charge < -0.3 is 26.2 Å². The third-order valence-electron chi connectivity index (χ3n) is 6.97. The molecular weight excluding hydrogens is 466 g/mol. The second-order valence-corrected chi connectivity index (χ2v) is 9.61. The molecule has 0 saturated heterocycles. The molecule has 5 rings (SSSR count). The summed E-state index contributed by atoms with van der Waals surface area (Å²) in [4.78, 5) is 12.1. The highest BCUT2D eigenvalue weighted by Gasteiger charge is 2.50. The van der Waals surface area contributed by atoms with Gasteiger partial charge in [0, 0.05) is 11.6 Å². The Morgan fingerprint density at radius 1 is 1.15 bits per heavy atom. The molecule has 8 nitrogen and oxygen atoms in total. The Labute approximate surface area is 198 Å². The Balaban J connectivity index is 1.42. The molecule has 1 saturated carbocycles. The van der Waals surface area contributed by atoms with Gasteiger partial charge in [-0.25, -0.2) is 23.7 Å². The number of aliphatic hydroxyl groups is 2. The van der Waals surface area contributed by atoms with Crippen LogP contribution in [0.3, 0.4) is 0 Å². The molecule has 1 aliphatic carbocycles. The number of hydrogen-bond donors (Lipinski definition) is 4. The first kappa shape index (κ1) is 22.7. The zero-order chi connectivity index (χ0) is 24.4. The van der Waals surface area contributed by atoms with Crippen LogP contribution in [0.4, 0.5) is 20.4 Å². The fraction of sp³-hybridized carbons (Fsp3) is 0.348. The third-order valence-corrected chi connectivity index (χ3v) is 7.27. The van der Waals surface area contributed by atoms with Crippen molar-refractivity contribution in [2.45, 2.75) is 44.4 Å². The number of aliphatic hydroxyl groups excluding tert-OH is 2. The van der Waals surface area contributed by atoms with Crippen molar-refractivity contribution in [1.29, 1.82) is 0 Å². The quantitative estimate of drug-likeness (QED) is 0.345. The van der Waals surface area contributed by atoms with Gasteiger partial charge in [-0.2, -0.15) is 0 Å². The molecule has 11 heteroatoms. The molecule has 1 fully saturated rings. The SMILES string of the molecule is C[C@]1(CCc2cc(F)c3cc(Cl)c(N)nc3c2)C[C@@H](n2cc(F)c3c(N)ncnc32)[C@H](O)[C@@H]1O. The number of anilines is 2. The molecule has 4 atom stereocenters. The Morgan fingerprint density at radius 3 is 2.68 bits per heavy atom. The standard InChI is InChI=1S/C23H23ClF2N6O2/c1-23(3-2-10-4-13(25)11-6-12(24)20(27)31-15(11)5-10)7-16(18(33)19(23)34)32-8-14(26)17-21(28)29-9-30-22(17)32/h4-6,8-9,16,18-19,33-34H,2-3,7H2,1H3,(H2,27,31)(H2,28,29,30)/t16-,18+,19+,23+/m1/s1. The topological polar surface area (TPSA) is 136 Å². The molecule has 0 unspecified atom stereocenters. The van der Waals surface area contributed by atoms with Crippen LogP contribution >= 0.6 is 11.6 Å². The summed E-state index contributed by atoms with van der Waals surface area (Å²) in [5.41, 5.74) is 12.1. The lowest BCUT2D eigenvalue weighted by molar-refractivity contribution is -0.0242. The van der Waals surface area contributed by atoms with E-state index in [1.807, 2.05) is 6.92 Å². The van der Waals surface area contributed by atoms with E-state index in [0.29, 0.717) is 30.3 Å². The number of benzene rings is 1. The van der Waals surface area contributed by atoms with Crippen molar-refractivity contribution in [1.82, 2.24) is 19.5 Å². The maximum atomic E-state index is 14.7. The van der Waals surface area contributed by atoms with E-state index in [1.54, 1.807) is 6.07 Å². The van der Waals surface area contributed by atoms with Crippen molar-refractivity contribution in [3.8, 4) is 0 Å². The van der Waals surface area contributed by atoms with E-state index >= 15 is 0 Å². The van der Waals surface area contributed by atoms with E-state index in [4.69, 9.17) is 23.1 Å². The molecule has 3 heterocycles. The van der Waals surface area contributed by atoms with E-state index in [1.165, 1.54) is 29.2 Å². The van der Waals surface area contributed by atoms with Crippen molar-refractivity contribution in [3.05, 3.63) is 52.9 Å². The first-order chi connectivity index (χ1) is 16.1. The van der Waals surface area contributed by atoms with Crippen LogP contribution in [0.15, 0.2) is 30.7 Å². The Morgan fingerprint density at radius 2 is 1.91 bits per heavy atom. The number of rotatable bonds is 4. The number of halogens is 3. The highest BCUT2D eigenvalue weighted by Crippen LogP contribution is 2.48. The summed E-state index contributed by atoms with van der Waals surface area (Å²) in [6, 6.07) is 3.96. The van der Waals surface area contributed by atoms with Crippen molar-refractivity contribution < 1.29 is 19.0 Å². The largest absolute Gasteiger partial charge is 0.390 e. The average molecular weight is 489 g/mol. The number of nitrogen functional groups attached to an aromatic ring is 2. The lowest BCUT2D eigenvalue weighted by Crippen LogP contribution is -2.35. The minimum atomic E-state index is -1.16. The monoisotopic (exact) mass is 488 g/mol. The van der Waals surface area contributed by atoms with Gasteiger partial charge in [-0.15, -0.1) is 0 Å². The van der Waals surface area contributed by atoms with E-state index in [0.717, 1.165) is 0 Å². The number of hydrogen-bond acceptors (Lipinski definition) is 7. The molecule has 0 radical (unpaired) electrons. The second kappa shape index (κ2) is 8.00. The summed E-state index contributed by atoms with van der Waals surface area (Å²) < 4.78 is 30.7. The molecule has 0 aliphatic heterocycles. The first-order valence-corrected chi connectivity index (χ1v) is 11.1. The van der Waals surface area contributed by atoms with Gasteiger partial charge in [0.25, 0.3) is 0 Å². The number of aromatic nitrogens is 4. The minimum absolute atomic E-state index is 0.00547. The zero-order valence-electron chi connectivity index (χ0n) is 18.2. The van der Waals surface area contributed by atoms with E-state index < -0.39 is 35.3 Å². The zero-order valence-corrected chi connectivity index (χ0v) is 19.0. The van der Waals surface area contributed by atoms with Crippen molar-refractivity contribution in [2.24, 2.45) is 5.41 Å². The molecule has 0 spiro atoms. The van der Waals surface area contributed by atoms with Crippen LogP contribution in [0.25, 0.3) is 21.9 Å². The number of nitrogens with two attached hydrogens (primary N) is 2. The van der Waals surface area contributed by atoms with E-state index in [-0.39, 0.29) is 33.1 Å². The van der Waals surface area contributed by atoms with Crippen LogP contribution in [0.2, 0.25) is 5.02 Å². The van der Waals surface area contributed by atoms with Gasteiger partial charge in [-0.1, -0.05) is 18.5 Å². The van der Waals surface area contributed by atoms with Crippen LogP contribution in [0.5, 0.6) is 0 Å². The Bertz CT molecular complexity index is 1430. The van der Waals surface area contributed by atoms with Gasteiger partial charge in [0.05, 0.1) is 28.1 Å². The van der Waals surface area contributed by atoms with Crippen LogP contribution < -0.4 is 11.5 Å². The second-order valence-electron chi connectivity index (χ2n) is 9.20. The minimum Gasteiger partial charge on any atom is -0.390 e. The van der Waals surface area contributed by atoms with Crippen LogP contribution in [-0.2, 0) is 6.42 Å². The summed E-state index contributed by atoms with van der Waals surface area (Å²) in [7, 11) is 0. The molecular formula is C23H23ClF2N6O2. The molecule has 0 amide bonds. The molecule has 6 N–H and O–H groups in total. The van der Waals surface area contributed by atoms with E-state index in [2.05, 4.69) is 15.0 Å². The Kier molecular flexibility index (Phi) is 5.34. The maximum Gasteiger partial charge on any atom is 0.154 e. The Hall–Kier alpha value is -3.08. The van der Waals surface area contributed by atoms with E-state index in [9.17, 15) is 19.0 Å². The van der Waals surface area contributed by atoms with Gasteiger partial charge in [0.2, 0.25) is 0 Å². The summed E-state index contributed by atoms with van der Waals surface area (Å²) >= 11 is 5.96. The molecule has 1 aromatic carbocycles. The number of aryl methyl sites for hydroxylation is 1. The summed E-state index contributed by atoms with van der Waals surface area (Å²) in [5, 5.41) is 22.3. The maximum absolute atomic E-state index is 14.7. The number of nitrogens with zero attached hydrogens (tertiary/aromatic N) is 4. The molecule has 3 aromatic heterocycles. The van der Waals surface area contributed by atoms with Crippen molar-refractivity contribution >= 4 is 45.2 Å². The first-order valence-electron chi connectivity index (χ1n) is 10.8. The highest BCUT2D eigenvalue weighted by atomic mass is 35.5. The predicted octanol–water partition coefficient (Wildman–Crippen LogP) is 3.38. The molecule has 0 bridgehead atoms. The summed E-state index contributed by atoms with van der Waals surface area (Å²) in [6.45, 7) is 1.85. The van der Waals surface area contributed by atoms with Gasteiger partial charge in [-0.3, -0.25) is 0 Å². The molecule has 1 aliphatic rings. The number of fused-ring (bicyclic) bond motifs is 2. The van der Waals surface area contributed by atoms with Crippen LogP contribution in [0, 0.1) is 17.0 Å². The highest BCUT2D eigenvalue weighted by molar-refractivity contribution is 6.33. The lowest BCUT2D eigenvalue weighted by atomic mass is 9.80. The summed E-state index contributed by atoms with van der Waals surface area (Å²) in [5.74, 6) is -0.943. The smallest absolute Gasteiger partial charge is 0.154 e. The fourth-order valence-electron chi connectivity index (χ4n) is 5.02. The average Bonchev–Trinajstić information content (AvgIpc) is 3.24. The fourth-order valence-corrected chi connectivity index (χ4v) is 5.17. The van der Waals surface area contributed by atoms with Crippen LogP contribution in [-0.4, -0.2) is 41.9 Å². The van der Waals surface area contributed by atoms with Gasteiger partial charge in [0.15, 0.2) is 5.82 Å². The normalized spacial score (nSPS) is 24.9. The molecule has 4 aromatic rings. The van der Waals surface area contributed by atoms with Gasteiger partial charge in [-0.05, 0) is 48.4 Å². The van der Waals surface area contributed by atoms with Crippen LogP contribution in [0.1, 0.15) is 31.4 Å². The van der Waals surface area contributed by atoms with Gasteiger partial charge in [0.1, 0.15) is 35.5 Å². The molecule has 178 valence electrons. The molecule has 34 heavy (non-hydrogen) atoms. The van der Waals surface area contributed by atoms with Gasteiger partial charge >= 0.3 is 0 Å².